The molecule has 1 aromatic carbocycles. The van der Waals surface area contributed by atoms with Crippen molar-refractivity contribution in [1.29, 1.82) is 0 Å². The van der Waals surface area contributed by atoms with Crippen LogP contribution in [0.25, 0.3) is 0 Å². The maximum Gasteiger partial charge on any atom is 0.327 e. The summed E-state index contributed by atoms with van der Waals surface area (Å²) in [4.78, 5) is 11.7. The summed E-state index contributed by atoms with van der Waals surface area (Å²) >= 11 is 5.94. The van der Waals surface area contributed by atoms with E-state index in [1.165, 1.54) is 19.2 Å². The van der Waals surface area contributed by atoms with Gasteiger partial charge in [-0.05, 0) is 25.0 Å². The van der Waals surface area contributed by atoms with Crippen molar-refractivity contribution in [3.8, 4) is 0 Å². The number of esters is 1. The maximum absolute atomic E-state index is 13.7. The van der Waals surface area contributed by atoms with Crippen LogP contribution in [0.15, 0.2) is 18.2 Å². The standard InChI is InChI=1S/C12H13ClFNO2/c1-17-12(16)11(15-7-5-6-7)10-8(13)3-2-4-9(10)14/h2-4,7,11,15H,5-6H2,1H3. The topological polar surface area (TPSA) is 38.3 Å². The zero-order valence-corrected chi connectivity index (χ0v) is 10.1. The van der Waals surface area contributed by atoms with Crippen molar-refractivity contribution in [3.05, 3.63) is 34.6 Å². The lowest BCUT2D eigenvalue weighted by Gasteiger charge is -2.18. The predicted octanol–water partition coefficient (Wildman–Crippen LogP) is 2.45. The van der Waals surface area contributed by atoms with Crippen molar-refractivity contribution < 1.29 is 13.9 Å². The summed E-state index contributed by atoms with van der Waals surface area (Å²) < 4.78 is 18.4. The largest absolute Gasteiger partial charge is 0.468 e. The van der Waals surface area contributed by atoms with Crippen LogP contribution in [0.5, 0.6) is 0 Å². The number of rotatable bonds is 4. The Hall–Kier alpha value is -1.13. The summed E-state index contributed by atoms with van der Waals surface area (Å²) in [6.45, 7) is 0. The third-order valence-corrected chi connectivity index (χ3v) is 3.03. The molecule has 1 aliphatic carbocycles. The molecule has 1 N–H and O–H groups in total. The summed E-state index contributed by atoms with van der Waals surface area (Å²) in [5.74, 6) is -1.02. The van der Waals surface area contributed by atoms with Crippen LogP contribution in [-0.2, 0) is 9.53 Å². The molecule has 1 unspecified atom stereocenters. The lowest BCUT2D eigenvalue weighted by molar-refractivity contribution is -0.143. The fourth-order valence-electron chi connectivity index (χ4n) is 1.66. The first-order valence-corrected chi connectivity index (χ1v) is 5.79. The first-order chi connectivity index (χ1) is 8.13. The van der Waals surface area contributed by atoms with Crippen molar-refractivity contribution in [2.75, 3.05) is 7.11 Å². The molecule has 92 valence electrons. The van der Waals surface area contributed by atoms with E-state index >= 15 is 0 Å². The average molecular weight is 258 g/mol. The number of carbonyl (C=O) groups excluding carboxylic acids is 1. The van der Waals surface area contributed by atoms with Crippen LogP contribution in [0.2, 0.25) is 5.02 Å². The molecule has 3 nitrogen and oxygen atoms in total. The number of hydrogen-bond acceptors (Lipinski definition) is 3. The molecule has 1 fully saturated rings. The van der Waals surface area contributed by atoms with Crippen LogP contribution in [0.1, 0.15) is 24.4 Å². The number of halogens is 2. The quantitative estimate of drug-likeness (QED) is 0.842. The number of methoxy groups -OCH3 is 1. The Labute approximate surface area is 104 Å². The number of ether oxygens (including phenoxy) is 1. The molecule has 1 aliphatic rings. The van der Waals surface area contributed by atoms with E-state index in [1.54, 1.807) is 6.07 Å². The highest BCUT2D eigenvalue weighted by Gasteiger charge is 2.32. The van der Waals surface area contributed by atoms with E-state index in [0.717, 1.165) is 12.8 Å². The van der Waals surface area contributed by atoms with E-state index in [0.29, 0.717) is 0 Å². The summed E-state index contributed by atoms with van der Waals surface area (Å²) in [5.41, 5.74) is 0.160. The van der Waals surface area contributed by atoms with Gasteiger partial charge in [-0.1, -0.05) is 17.7 Å². The number of carbonyl (C=O) groups is 1. The Morgan fingerprint density at radius 2 is 2.29 bits per heavy atom. The summed E-state index contributed by atoms with van der Waals surface area (Å²) in [6, 6.07) is 3.76. The van der Waals surface area contributed by atoms with Crippen LogP contribution in [0.3, 0.4) is 0 Å². The monoisotopic (exact) mass is 257 g/mol. The lowest BCUT2D eigenvalue weighted by Crippen LogP contribution is -2.32. The molecular weight excluding hydrogens is 245 g/mol. The minimum Gasteiger partial charge on any atom is -0.468 e. The van der Waals surface area contributed by atoms with Gasteiger partial charge in [-0.3, -0.25) is 5.32 Å². The minimum atomic E-state index is -0.832. The molecule has 1 atom stereocenters. The molecule has 0 amide bonds. The van der Waals surface area contributed by atoms with Gasteiger partial charge in [-0.15, -0.1) is 0 Å². The zero-order chi connectivity index (χ0) is 12.4. The fourth-order valence-corrected chi connectivity index (χ4v) is 1.93. The lowest BCUT2D eigenvalue weighted by atomic mass is 10.1. The van der Waals surface area contributed by atoms with E-state index < -0.39 is 17.8 Å². The first-order valence-electron chi connectivity index (χ1n) is 5.41. The van der Waals surface area contributed by atoms with E-state index in [4.69, 9.17) is 11.6 Å². The highest BCUT2D eigenvalue weighted by Crippen LogP contribution is 2.30. The number of hydrogen-bond donors (Lipinski definition) is 1. The molecule has 0 bridgehead atoms. The third-order valence-electron chi connectivity index (χ3n) is 2.70. The van der Waals surface area contributed by atoms with Crippen molar-refractivity contribution in [3.63, 3.8) is 0 Å². The Morgan fingerprint density at radius 3 is 2.82 bits per heavy atom. The van der Waals surface area contributed by atoms with Crippen LogP contribution < -0.4 is 5.32 Å². The van der Waals surface area contributed by atoms with Crippen molar-refractivity contribution >= 4 is 17.6 Å². The summed E-state index contributed by atoms with van der Waals surface area (Å²) in [6.07, 6.45) is 1.97. The normalized spacial score (nSPS) is 16.6. The Bertz CT molecular complexity index is 414. The third kappa shape index (κ3) is 2.76. The SMILES string of the molecule is COC(=O)C(NC1CC1)c1c(F)cccc1Cl. The minimum absolute atomic E-state index is 0.160. The van der Waals surface area contributed by atoms with Gasteiger partial charge in [-0.25, -0.2) is 9.18 Å². The molecule has 0 radical (unpaired) electrons. The molecule has 1 aromatic rings. The molecule has 0 saturated heterocycles. The van der Waals surface area contributed by atoms with E-state index in [-0.39, 0.29) is 16.6 Å². The molecular formula is C12H13ClFNO2. The van der Waals surface area contributed by atoms with Gasteiger partial charge in [0.1, 0.15) is 11.9 Å². The van der Waals surface area contributed by atoms with Gasteiger partial charge in [-0.2, -0.15) is 0 Å². The smallest absolute Gasteiger partial charge is 0.327 e. The van der Waals surface area contributed by atoms with Gasteiger partial charge < -0.3 is 4.74 Å². The van der Waals surface area contributed by atoms with Gasteiger partial charge >= 0.3 is 5.97 Å². The maximum atomic E-state index is 13.7. The van der Waals surface area contributed by atoms with Crippen LogP contribution in [0, 0.1) is 5.82 Å². The molecule has 1 saturated carbocycles. The van der Waals surface area contributed by atoms with E-state index in [1.807, 2.05) is 0 Å². The van der Waals surface area contributed by atoms with Gasteiger partial charge in [0.15, 0.2) is 0 Å². The second-order valence-electron chi connectivity index (χ2n) is 4.03. The van der Waals surface area contributed by atoms with Crippen molar-refractivity contribution in [1.82, 2.24) is 5.32 Å². The first kappa shape index (κ1) is 12.3. The molecule has 0 aliphatic heterocycles. The molecule has 0 heterocycles. The highest BCUT2D eigenvalue weighted by atomic mass is 35.5. The molecule has 17 heavy (non-hydrogen) atoms. The van der Waals surface area contributed by atoms with E-state index in [9.17, 15) is 9.18 Å². The second kappa shape index (κ2) is 5.02. The second-order valence-corrected chi connectivity index (χ2v) is 4.44. The summed E-state index contributed by atoms with van der Waals surface area (Å²) in [5, 5.41) is 3.27. The van der Waals surface area contributed by atoms with Crippen molar-refractivity contribution in [2.45, 2.75) is 24.9 Å². The molecule has 5 heteroatoms. The predicted molar refractivity (Wildman–Crippen MR) is 62.3 cm³/mol. The number of nitrogens with one attached hydrogen (secondary N) is 1. The van der Waals surface area contributed by atoms with Gasteiger partial charge in [0, 0.05) is 16.6 Å². The van der Waals surface area contributed by atoms with Crippen LogP contribution in [-0.4, -0.2) is 19.1 Å². The zero-order valence-electron chi connectivity index (χ0n) is 9.37. The van der Waals surface area contributed by atoms with Gasteiger partial charge in [0.25, 0.3) is 0 Å². The van der Waals surface area contributed by atoms with E-state index in [2.05, 4.69) is 10.1 Å². The Morgan fingerprint density at radius 1 is 1.59 bits per heavy atom. The summed E-state index contributed by atoms with van der Waals surface area (Å²) in [7, 11) is 1.28. The molecule has 0 spiro atoms. The van der Waals surface area contributed by atoms with Crippen LogP contribution in [0.4, 0.5) is 4.39 Å². The van der Waals surface area contributed by atoms with Gasteiger partial charge in [0.2, 0.25) is 0 Å². The Balaban J connectivity index is 2.32. The molecule has 2 rings (SSSR count). The van der Waals surface area contributed by atoms with Crippen molar-refractivity contribution in [2.24, 2.45) is 0 Å². The van der Waals surface area contributed by atoms with Gasteiger partial charge in [0.05, 0.1) is 7.11 Å². The van der Waals surface area contributed by atoms with Crippen LogP contribution >= 0.6 is 11.6 Å². The highest BCUT2D eigenvalue weighted by molar-refractivity contribution is 6.31. The number of benzene rings is 1. The average Bonchev–Trinajstić information content (AvgIpc) is 3.10. The Kier molecular flexibility index (Phi) is 3.64. The molecule has 0 aromatic heterocycles. The fraction of sp³-hybridized carbons (Fsp3) is 0.417.